The van der Waals surface area contributed by atoms with Crippen LogP contribution in [0.2, 0.25) is 0 Å². The zero-order chi connectivity index (χ0) is 18.7. The summed E-state index contributed by atoms with van der Waals surface area (Å²) in [5.41, 5.74) is 12.7. The summed E-state index contributed by atoms with van der Waals surface area (Å²) >= 11 is 0. The lowest BCUT2D eigenvalue weighted by Crippen LogP contribution is -2.10. The van der Waals surface area contributed by atoms with Crippen molar-refractivity contribution in [1.82, 2.24) is 0 Å². The van der Waals surface area contributed by atoms with Gasteiger partial charge < -0.3 is 16.2 Å². The zero-order valence-corrected chi connectivity index (χ0v) is 13.7. The molecule has 0 aliphatic heterocycles. The van der Waals surface area contributed by atoms with Gasteiger partial charge in [-0.15, -0.1) is 0 Å². The molecule has 9 nitrogen and oxygen atoms in total. The lowest BCUT2D eigenvalue weighted by molar-refractivity contribution is -0.524. The van der Waals surface area contributed by atoms with Crippen LogP contribution in [-0.2, 0) is 0 Å². The Labute approximate surface area is 143 Å². The molecule has 2 aromatic rings. The fourth-order valence-electron chi connectivity index (χ4n) is 2.32. The topological polar surface area (TPSA) is 148 Å². The Morgan fingerprint density at radius 3 is 1.52 bits per heavy atom. The van der Waals surface area contributed by atoms with Crippen LogP contribution in [0.3, 0.4) is 0 Å². The fraction of sp³-hybridized carbons (Fsp3) is 0.250. The number of rotatable bonds is 6. The van der Waals surface area contributed by atoms with Gasteiger partial charge in [0.1, 0.15) is 11.5 Å². The van der Waals surface area contributed by atoms with Crippen molar-refractivity contribution in [2.75, 3.05) is 11.5 Å². The van der Waals surface area contributed by atoms with Crippen LogP contribution in [0.5, 0.6) is 11.5 Å². The van der Waals surface area contributed by atoms with Crippen molar-refractivity contribution in [2.24, 2.45) is 0 Å². The monoisotopic (exact) mass is 346 g/mol. The first-order valence-electron chi connectivity index (χ1n) is 7.44. The predicted molar refractivity (Wildman–Crippen MR) is 92.6 cm³/mol. The second-order valence-electron chi connectivity index (χ2n) is 5.62. The van der Waals surface area contributed by atoms with Crippen LogP contribution in [0.25, 0.3) is 0 Å². The van der Waals surface area contributed by atoms with Gasteiger partial charge in [0.2, 0.25) is 12.1 Å². The largest absolute Gasteiger partial charge is 0.456 e. The van der Waals surface area contributed by atoms with E-state index in [9.17, 15) is 20.2 Å². The zero-order valence-electron chi connectivity index (χ0n) is 13.7. The van der Waals surface area contributed by atoms with E-state index in [1.54, 1.807) is 12.1 Å². The average molecular weight is 346 g/mol. The Hall–Kier alpha value is -3.36. The highest BCUT2D eigenvalue weighted by Gasteiger charge is 2.25. The second kappa shape index (κ2) is 7.04. The number of anilines is 2. The van der Waals surface area contributed by atoms with Gasteiger partial charge in [0.15, 0.2) is 0 Å². The molecule has 0 fully saturated rings. The molecule has 9 heteroatoms. The number of ether oxygens (including phenoxy) is 1. The fourth-order valence-corrected chi connectivity index (χ4v) is 2.32. The number of nitrogen functional groups attached to an aromatic ring is 2. The molecule has 4 N–H and O–H groups in total. The first-order valence-corrected chi connectivity index (χ1v) is 7.44. The minimum Gasteiger partial charge on any atom is -0.456 e. The van der Waals surface area contributed by atoms with E-state index in [4.69, 9.17) is 16.2 Å². The molecule has 0 aromatic heterocycles. The van der Waals surface area contributed by atoms with Crippen molar-refractivity contribution in [3.8, 4) is 11.5 Å². The number of hydrogen-bond donors (Lipinski definition) is 2. The molecular formula is C16H18N4O5. The van der Waals surface area contributed by atoms with Gasteiger partial charge in [0, 0.05) is 35.1 Å². The summed E-state index contributed by atoms with van der Waals surface area (Å²) < 4.78 is 5.77. The maximum atomic E-state index is 11.1. The first-order chi connectivity index (χ1) is 11.7. The Balaban J connectivity index is 2.50. The average Bonchev–Trinajstić information content (AvgIpc) is 2.56. The highest BCUT2D eigenvalue weighted by Crippen LogP contribution is 2.37. The standard InChI is InChI=1S/C16H18N4O5/c1-9(19(21)22)13-7-11(17)3-5-15(13)25-16-6-4-12(18)8-14(16)10(2)20(23)24/h3-10H,17-18H2,1-2H3. The van der Waals surface area contributed by atoms with E-state index in [0.29, 0.717) is 11.4 Å². The molecule has 25 heavy (non-hydrogen) atoms. The van der Waals surface area contributed by atoms with Crippen molar-refractivity contribution >= 4 is 11.4 Å². The van der Waals surface area contributed by atoms with Crippen LogP contribution in [0.4, 0.5) is 11.4 Å². The molecule has 0 aliphatic rings. The maximum Gasteiger partial charge on any atom is 0.239 e. The number of hydrogen-bond acceptors (Lipinski definition) is 7. The summed E-state index contributed by atoms with van der Waals surface area (Å²) in [6.07, 6.45) is 0. The molecular weight excluding hydrogens is 328 g/mol. The van der Waals surface area contributed by atoms with Crippen molar-refractivity contribution < 1.29 is 14.6 Å². The lowest BCUT2D eigenvalue weighted by atomic mass is 10.1. The normalized spacial score (nSPS) is 13.0. The molecule has 0 spiro atoms. The molecule has 2 atom stereocenters. The quantitative estimate of drug-likeness (QED) is 0.463. The molecule has 0 bridgehead atoms. The number of nitrogens with two attached hydrogens (primary N) is 2. The SMILES string of the molecule is CC(c1cc(N)ccc1Oc1ccc(N)cc1C(C)[N+](=O)[O-])[N+](=O)[O-]. The summed E-state index contributed by atoms with van der Waals surface area (Å²) in [5.74, 6) is 0.417. The predicted octanol–water partition coefficient (Wildman–Crippen LogP) is 3.32. The van der Waals surface area contributed by atoms with Crippen molar-refractivity contribution in [1.29, 1.82) is 0 Å². The van der Waals surface area contributed by atoms with Gasteiger partial charge >= 0.3 is 0 Å². The molecule has 0 saturated heterocycles. The van der Waals surface area contributed by atoms with Crippen LogP contribution >= 0.6 is 0 Å². The van der Waals surface area contributed by atoms with Gasteiger partial charge in [-0.1, -0.05) is 0 Å². The molecule has 2 unspecified atom stereocenters. The van der Waals surface area contributed by atoms with Crippen LogP contribution < -0.4 is 16.2 Å². The van der Waals surface area contributed by atoms with E-state index in [2.05, 4.69) is 0 Å². The Bertz CT molecular complexity index is 757. The minimum atomic E-state index is -1.05. The van der Waals surface area contributed by atoms with Gasteiger partial charge in [-0.25, -0.2) is 0 Å². The smallest absolute Gasteiger partial charge is 0.239 e. The number of nitro groups is 2. The van der Waals surface area contributed by atoms with Crippen molar-refractivity contribution in [3.63, 3.8) is 0 Å². The third kappa shape index (κ3) is 3.94. The van der Waals surface area contributed by atoms with Gasteiger partial charge in [-0.3, -0.25) is 20.2 Å². The van der Waals surface area contributed by atoms with Crippen LogP contribution in [-0.4, -0.2) is 9.85 Å². The number of benzene rings is 2. The molecule has 2 rings (SSSR count). The molecule has 0 aliphatic carbocycles. The van der Waals surface area contributed by atoms with E-state index in [1.807, 2.05) is 0 Å². The van der Waals surface area contributed by atoms with Crippen molar-refractivity contribution in [2.45, 2.75) is 25.9 Å². The summed E-state index contributed by atoms with van der Waals surface area (Å²) in [5, 5.41) is 22.3. The highest BCUT2D eigenvalue weighted by molar-refractivity contribution is 5.53. The van der Waals surface area contributed by atoms with E-state index >= 15 is 0 Å². The van der Waals surface area contributed by atoms with Gasteiger partial charge in [-0.05, 0) is 36.4 Å². The van der Waals surface area contributed by atoms with Crippen LogP contribution in [0.1, 0.15) is 37.1 Å². The van der Waals surface area contributed by atoms with E-state index in [1.165, 1.54) is 38.1 Å². The minimum absolute atomic E-state index is 0.208. The second-order valence-corrected chi connectivity index (χ2v) is 5.62. The van der Waals surface area contributed by atoms with Gasteiger partial charge in [0.05, 0.1) is 11.1 Å². The van der Waals surface area contributed by atoms with Crippen LogP contribution in [0.15, 0.2) is 36.4 Å². The first kappa shape index (κ1) is 18.0. The van der Waals surface area contributed by atoms with Gasteiger partial charge in [0.25, 0.3) is 0 Å². The number of nitrogens with zero attached hydrogens (tertiary/aromatic N) is 2. The van der Waals surface area contributed by atoms with Gasteiger partial charge in [-0.2, -0.15) is 0 Å². The highest BCUT2D eigenvalue weighted by atomic mass is 16.6. The summed E-state index contributed by atoms with van der Waals surface area (Å²) in [4.78, 5) is 21.3. The molecule has 0 radical (unpaired) electrons. The molecule has 132 valence electrons. The molecule has 2 aromatic carbocycles. The maximum absolute atomic E-state index is 11.1. The van der Waals surface area contributed by atoms with E-state index < -0.39 is 21.9 Å². The summed E-state index contributed by atoms with van der Waals surface area (Å²) in [6.45, 7) is 2.82. The third-order valence-corrected chi connectivity index (χ3v) is 3.82. The van der Waals surface area contributed by atoms with E-state index in [0.717, 1.165) is 0 Å². The summed E-state index contributed by atoms with van der Waals surface area (Å²) in [6, 6.07) is 6.89. The lowest BCUT2D eigenvalue weighted by Gasteiger charge is -2.16. The van der Waals surface area contributed by atoms with Crippen LogP contribution in [0, 0.1) is 20.2 Å². The molecule has 0 saturated carbocycles. The van der Waals surface area contributed by atoms with Crippen molar-refractivity contribution in [3.05, 3.63) is 67.8 Å². The summed E-state index contributed by atoms with van der Waals surface area (Å²) in [7, 11) is 0. The Kier molecular flexibility index (Phi) is 5.06. The molecule has 0 heterocycles. The van der Waals surface area contributed by atoms with E-state index in [-0.39, 0.29) is 22.6 Å². The molecule has 0 amide bonds. The Morgan fingerprint density at radius 2 is 1.20 bits per heavy atom. The Morgan fingerprint density at radius 1 is 0.840 bits per heavy atom. The third-order valence-electron chi connectivity index (χ3n) is 3.82.